The third-order valence-electron chi connectivity index (χ3n) is 4.77. The van der Waals surface area contributed by atoms with Crippen LogP contribution >= 0.6 is 0 Å². The molecule has 1 heterocycles. The molecule has 0 aromatic heterocycles. The van der Waals surface area contributed by atoms with Crippen molar-refractivity contribution in [2.24, 2.45) is 11.3 Å². The number of rotatable bonds is 7. The highest BCUT2D eigenvalue weighted by molar-refractivity contribution is 5.05. The minimum absolute atomic E-state index is 0.238. The van der Waals surface area contributed by atoms with Crippen molar-refractivity contribution in [1.82, 2.24) is 10.2 Å². The molecule has 1 unspecified atom stereocenters. The topological polar surface area (TPSA) is 44.7 Å². The maximum absolute atomic E-state index is 10.0. The highest BCUT2D eigenvalue weighted by Gasteiger charge is 2.53. The normalized spacial score (nSPS) is 29.2. The first-order chi connectivity index (χ1) is 8.78. The number of ether oxygens (including phenoxy) is 1. The van der Waals surface area contributed by atoms with Gasteiger partial charge >= 0.3 is 0 Å². The first-order valence-corrected chi connectivity index (χ1v) is 7.47. The molecular weight excluding hydrogens is 228 g/mol. The number of aliphatic hydroxyl groups excluding tert-OH is 1. The van der Waals surface area contributed by atoms with Crippen molar-refractivity contribution in [3.8, 4) is 0 Å². The molecule has 104 valence electrons. The lowest BCUT2D eigenvalue weighted by molar-refractivity contribution is 0.0147. The van der Waals surface area contributed by atoms with Crippen molar-refractivity contribution in [2.75, 3.05) is 45.9 Å². The lowest BCUT2D eigenvalue weighted by atomic mass is 10.0. The Morgan fingerprint density at radius 2 is 2.00 bits per heavy atom. The molecule has 3 aliphatic rings. The molecule has 1 aliphatic heterocycles. The summed E-state index contributed by atoms with van der Waals surface area (Å²) in [5.74, 6) is 1.00. The first-order valence-electron chi connectivity index (χ1n) is 7.47. The second kappa shape index (κ2) is 5.45. The van der Waals surface area contributed by atoms with Crippen molar-refractivity contribution in [2.45, 2.75) is 31.8 Å². The Balaban J connectivity index is 1.30. The smallest absolute Gasteiger partial charge is 0.0791 e. The van der Waals surface area contributed by atoms with E-state index in [1.807, 2.05) is 0 Å². The highest BCUT2D eigenvalue weighted by Crippen LogP contribution is 2.60. The fourth-order valence-electron chi connectivity index (χ4n) is 3.22. The molecule has 2 saturated carbocycles. The Morgan fingerprint density at radius 1 is 1.28 bits per heavy atom. The van der Waals surface area contributed by atoms with Crippen LogP contribution in [0.3, 0.4) is 0 Å². The molecule has 0 aromatic carbocycles. The molecule has 0 aromatic rings. The monoisotopic (exact) mass is 254 g/mol. The second-order valence-corrected chi connectivity index (χ2v) is 6.33. The molecule has 0 spiro atoms. The van der Waals surface area contributed by atoms with Gasteiger partial charge < -0.3 is 15.2 Å². The molecular formula is C14H26N2O2. The fraction of sp³-hybridized carbons (Fsp3) is 1.00. The SMILES string of the molecule is OC(CNCC1(C2CC2)CC1)CN1CCOCC1. The van der Waals surface area contributed by atoms with Gasteiger partial charge in [-0.25, -0.2) is 0 Å². The molecule has 0 bridgehead atoms. The summed E-state index contributed by atoms with van der Waals surface area (Å²) in [6.07, 6.45) is 5.46. The number of nitrogens with zero attached hydrogens (tertiary/aromatic N) is 1. The molecule has 1 saturated heterocycles. The number of β-amino-alcohol motifs (C(OH)–C–C–N with tert-alkyl or cyclic N) is 1. The van der Waals surface area contributed by atoms with Crippen LogP contribution in [0, 0.1) is 11.3 Å². The molecule has 2 aliphatic carbocycles. The fourth-order valence-corrected chi connectivity index (χ4v) is 3.22. The van der Waals surface area contributed by atoms with Crippen LogP contribution in [0.4, 0.5) is 0 Å². The minimum Gasteiger partial charge on any atom is -0.390 e. The van der Waals surface area contributed by atoms with E-state index in [-0.39, 0.29) is 6.10 Å². The van der Waals surface area contributed by atoms with Gasteiger partial charge in [0.2, 0.25) is 0 Å². The van der Waals surface area contributed by atoms with Crippen molar-refractivity contribution in [3.63, 3.8) is 0 Å². The van der Waals surface area contributed by atoms with E-state index in [1.54, 1.807) is 0 Å². The standard InChI is InChI=1S/C14H26N2O2/c17-13(10-16-5-7-18-8-6-16)9-15-11-14(3-4-14)12-1-2-12/h12-13,15,17H,1-11H2. The first kappa shape index (κ1) is 12.9. The zero-order valence-corrected chi connectivity index (χ0v) is 11.2. The zero-order valence-electron chi connectivity index (χ0n) is 11.2. The second-order valence-electron chi connectivity index (χ2n) is 6.33. The van der Waals surface area contributed by atoms with Crippen molar-refractivity contribution in [3.05, 3.63) is 0 Å². The largest absolute Gasteiger partial charge is 0.390 e. The maximum atomic E-state index is 10.0. The van der Waals surface area contributed by atoms with Gasteiger partial charge in [-0.3, -0.25) is 4.90 Å². The summed E-state index contributed by atoms with van der Waals surface area (Å²) in [4.78, 5) is 2.30. The Bertz CT molecular complexity index is 271. The van der Waals surface area contributed by atoms with E-state index in [9.17, 15) is 5.11 Å². The van der Waals surface area contributed by atoms with Crippen LogP contribution < -0.4 is 5.32 Å². The minimum atomic E-state index is -0.238. The Kier molecular flexibility index (Phi) is 3.89. The molecule has 4 nitrogen and oxygen atoms in total. The van der Waals surface area contributed by atoms with E-state index < -0.39 is 0 Å². The third kappa shape index (κ3) is 3.23. The van der Waals surface area contributed by atoms with Crippen LogP contribution in [0.15, 0.2) is 0 Å². The zero-order chi connectivity index (χ0) is 12.4. The van der Waals surface area contributed by atoms with Gasteiger partial charge in [0.15, 0.2) is 0 Å². The van der Waals surface area contributed by atoms with Gasteiger partial charge in [-0.15, -0.1) is 0 Å². The summed E-state index contributed by atoms with van der Waals surface area (Å²) in [6, 6.07) is 0. The van der Waals surface area contributed by atoms with Crippen LogP contribution in [0.25, 0.3) is 0 Å². The molecule has 0 amide bonds. The van der Waals surface area contributed by atoms with Crippen LogP contribution in [0.1, 0.15) is 25.7 Å². The Labute approximate surface area is 110 Å². The maximum Gasteiger partial charge on any atom is 0.0791 e. The summed E-state index contributed by atoms with van der Waals surface area (Å²) in [6.45, 7) is 6.19. The Hall–Kier alpha value is -0.160. The summed E-state index contributed by atoms with van der Waals surface area (Å²) in [7, 11) is 0. The van der Waals surface area contributed by atoms with Gasteiger partial charge in [-0.2, -0.15) is 0 Å². The van der Waals surface area contributed by atoms with Crippen LogP contribution in [0.5, 0.6) is 0 Å². The van der Waals surface area contributed by atoms with E-state index >= 15 is 0 Å². The quantitative estimate of drug-likeness (QED) is 0.693. The van der Waals surface area contributed by atoms with E-state index in [2.05, 4.69) is 10.2 Å². The number of nitrogens with one attached hydrogen (secondary N) is 1. The number of morpholine rings is 1. The van der Waals surface area contributed by atoms with E-state index in [0.29, 0.717) is 5.41 Å². The third-order valence-corrected chi connectivity index (χ3v) is 4.77. The predicted molar refractivity (Wildman–Crippen MR) is 70.5 cm³/mol. The van der Waals surface area contributed by atoms with Crippen LogP contribution in [-0.2, 0) is 4.74 Å². The van der Waals surface area contributed by atoms with Gasteiger partial charge in [0, 0.05) is 32.7 Å². The lowest BCUT2D eigenvalue weighted by Gasteiger charge is -2.28. The highest BCUT2D eigenvalue weighted by atomic mass is 16.5. The molecule has 4 heteroatoms. The summed E-state index contributed by atoms with van der Waals surface area (Å²) < 4.78 is 5.31. The van der Waals surface area contributed by atoms with Crippen LogP contribution in [-0.4, -0.2) is 62.0 Å². The van der Waals surface area contributed by atoms with E-state index in [1.165, 1.54) is 25.7 Å². The van der Waals surface area contributed by atoms with Gasteiger partial charge in [0.25, 0.3) is 0 Å². The predicted octanol–water partition coefficient (Wildman–Crippen LogP) is 0.459. The number of aliphatic hydroxyl groups is 1. The molecule has 2 N–H and O–H groups in total. The van der Waals surface area contributed by atoms with E-state index in [4.69, 9.17) is 4.74 Å². The van der Waals surface area contributed by atoms with Crippen molar-refractivity contribution < 1.29 is 9.84 Å². The van der Waals surface area contributed by atoms with Gasteiger partial charge in [-0.1, -0.05) is 0 Å². The van der Waals surface area contributed by atoms with E-state index in [0.717, 1.165) is 51.9 Å². The summed E-state index contributed by atoms with van der Waals surface area (Å²) in [5.41, 5.74) is 0.638. The Morgan fingerprint density at radius 3 is 2.61 bits per heavy atom. The molecule has 3 fully saturated rings. The molecule has 18 heavy (non-hydrogen) atoms. The summed E-state index contributed by atoms with van der Waals surface area (Å²) >= 11 is 0. The molecule has 3 rings (SSSR count). The van der Waals surface area contributed by atoms with Gasteiger partial charge in [0.05, 0.1) is 19.3 Å². The van der Waals surface area contributed by atoms with Crippen molar-refractivity contribution in [1.29, 1.82) is 0 Å². The molecule has 1 atom stereocenters. The number of hydrogen-bond acceptors (Lipinski definition) is 4. The molecule has 0 radical (unpaired) electrons. The van der Waals surface area contributed by atoms with Gasteiger partial charge in [0.1, 0.15) is 0 Å². The average Bonchev–Trinajstić information content (AvgIpc) is 3.24. The summed E-state index contributed by atoms with van der Waals surface area (Å²) in [5, 5.41) is 13.5. The van der Waals surface area contributed by atoms with Crippen LogP contribution in [0.2, 0.25) is 0 Å². The average molecular weight is 254 g/mol. The number of hydrogen-bond donors (Lipinski definition) is 2. The van der Waals surface area contributed by atoms with Crippen molar-refractivity contribution >= 4 is 0 Å². The lowest BCUT2D eigenvalue weighted by Crippen LogP contribution is -2.44. The van der Waals surface area contributed by atoms with Gasteiger partial charge in [-0.05, 0) is 37.0 Å².